The summed E-state index contributed by atoms with van der Waals surface area (Å²) >= 11 is 0. The number of carbonyl (C=O) groups is 1. The minimum absolute atomic E-state index is 0.170. The van der Waals surface area contributed by atoms with Crippen molar-refractivity contribution < 1.29 is 13.9 Å². The highest BCUT2D eigenvalue weighted by atomic mass is 19.1. The van der Waals surface area contributed by atoms with Crippen molar-refractivity contribution in [2.45, 2.75) is 13.3 Å². The first-order valence-corrected chi connectivity index (χ1v) is 6.04. The Kier molecular flexibility index (Phi) is 4.15. The Bertz CT molecular complexity index is 431. The van der Waals surface area contributed by atoms with E-state index in [4.69, 9.17) is 4.74 Å². The standard InChI is InChI=1S/C13H17FN2O2/c1-9(17)16-11-2-3-12(14)13(6-11)15-7-10-4-5-18-8-10/h2-3,6,10,15H,4-5,7-8H2,1H3,(H,16,17). The molecule has 1 fully saturated rings. The molecule has 98 valence electrons. The predicted octanol–water partition coefficient (Wildman–Crippen LogP) is 2.23. The number of halogens is 1. The van der Waals surface area contributed by atoms with Crippen molar-refractivity contribution >= 4 is 17.3 Å². The summed E-state index contributed by atoms with van der Waals surface area (Å²) in [4.78, 5) is 10.9. The molecule has 1 heterocycles. The van der Waals surface area contributed by atoms with Crippen LogP contribution in [0.3, 0.4) is 0 Å². The van der Waals surface area contributed by atoms with Crippen LogP contribution >= 0.6 is 0 Å². The van der Waals surface area contributed by atoms with Crippen LogP contribution in [0.2, 0.25) is 0 Å². The van der Waals surface area contributed by atoms with Crippen LogP contribution in [0.5, 0.6) is 0 Å². The fourth-order valence-corrected chi connectivity index (χ4v) is 1.94. The van der Waals surface area contributed by atoms with E-state index in [0.717, 1.165) is 19.6 Å². The number of anilines is 2. The van der Waals surface area contributed by atoms with E-state index in [-0.39, 0.29) is 11.7 Å². The number of hydrogen-bond acceptors (Lipinski definition) is 3. The van der Waals surface area contributed by atoms with Gasteiger partial charge in [-0.15, -0.1) is 0 Å². The third-order valence-electron chi connectivity index (χ3n) is 2.89. The normalized spacial score (nSPS) is 18.7. The first kappa shape index (κ1) is 12.8. The fraction of sp³-hybridized carbons (Fsp3) is 0.462. The zero-order valence-corrected chi connectivity index (χ0v) is 10.3. The fourth-order valence-electron chi connectivity index (χ4n) is 1.94. The molecule has 1 aliphatic heterocycles. The molecule has 0 saturated carbocycles. The average Bonchev–Trinajstić information content (AvgIpc) is 2.82. The van der Waals surface area contributed by atoms with Gasteiger partial charge >= 0.3 is 0 Å². The molecule has 1 aromatic rings. The van der Waals surface area contributed by atoms with E-state index >= 15 is 0 Å². The molecule has 1 saturated heterocycles. The van der Waals surface area contributed by atoms with Crippen LogP contribution in [0.15, 0.2) is 18.2 Å². The van der Waals surface area contributed by atoms with Gasteiger partial charge in [-0.05, 0) is 24.6 Å². The Balaban J connectivity index is 1.98. The van der Waals surface area contributed by atoms with Gasteiger partial charge in [-0.1, -0.05) is 0 Å². The zero-order chi connectivity index (χ0) is 13.0. The molecule has 0 radical (unpaired) electrons. The van der Waals surface area contributed by atoms with E-state index in [1.165, 1.54) is 13.0 Å². The molecule has 4 nitrogen and oxygen atoms in total. The Hall–Kier alpha value is -1.62. The molecule has 2 N–H and O–H groups in total. The third kappa shape index (κ3) is 3.43. The van der Waals surface area contributed by atoms with Gasteiger partial charge < -0.3 is 15.4 Å². The number of rotatable bonds is 4. The predicted molar refractivity (Wildman–Crippen MR) is 68.1 cm³/mol. The first-order chi connectivity index (χ1) is 8.65. The maximum absolute atomic E-state index is 13.6. The van der Waals surface area contributed by atoms with E-state index in [0.29, 0.717) is 23.8 Å². The molecule has 1 aliphatic rings. The van der Waals surface area contributed by atoms with Crippen LogP contribution < -0.4 is 10.6 Å². The maximum Gasteiger partial charge on any atom is 0.221 e. The minimum Gasteiger partial charge on any atom is -0.382 e. The molecule has 1 atom stereocenters. The van der Waals surface area contributed by atoms with Gasteiger partial charge in [0.25, 0.3) is 0 Å². The second-order valence-corrected chi connectivity index (χ2v) is 4.49. The summed E-state index contributed by atoms with van der Waals surface area (Å²) in [5, 5.41) is 5.69. The molecule has 1 amide bonds. The Morgan fingerprint density at radius 2 is 2.39 bits per heavy atom. The molecule has 18 heavy (non-hydrogen) atoms. The molecular weight excluding hydrogens is 235 g/mol. The van der Waals surface area contributed by atoms with Crippen molar-refractivity contribution in [2.75, 3.05) is 30.4 Å². The van der Waals surface area contributed by atoms with Crippen molar-refractivity contribution in [3.63, 3.8) is 0 Å². The van der Waals surface area contributed by atoms with Gasteiger partial charge in [-0.2, -0.15) is 0 Å². The first-order valence-electron chi connectivity index (χ1n) is 6.04. The smallest absolute Gasteiger partial charge is 0.221 e. The quantitative estimate of drug-likeness (QED) is 0.864. The summed E-state index contributed by atoms with van der Waals surface area (Å²) in [6.07, 6.45) is 1.00. The lowest BCUT2D eigenvalue weighted by Crippen LogP contribution is -2.15. The van der Waals surface area contributed by atoms with Crippen molar-refractivity contribution in [1.29, 1.82) is 0 Å². The summed E-state index contributed by atoms with van der Waals surface area (Å²) in [5.41, 5.74) is 1.00. The molecule has 0 bridgehead atoms. The van der Waals surface area contributed by atoms with Crippen molar-refractivity contribution in [3.8, 4) is 0 Å². The van der Waals surface area contributed by atoms with Crippen molar-refractivity contribution in [3.05, 3.63) is 24.0 Å². The van der Waals surface area contributed by atoms with Gasteiger partial charge in [0.1, 0.15) is 5.82 Å². The molecule has 0 aromatic heterocycles. The van der Waals surface area contributed by atoms with Gasteiger partial charge in [-0.3, -0.25) is 4.79 Å². The largest absolute Gasteiger partial charge is 0.382 e. The lowest BCUT2D eigenvalue weighted by atomic mass is 10.1. The summed E-state index contributed by atoms with van der Waals surface area (Å²) < 4.78 is 18.8. The Labute approximate surface area is 106 Å². The lowest BCUT2D eigenvalue weighted by Gasteiger charge is -2.12. The van der Waals surface area contributed by atoms with Crippen LogP contribution in [-0.4, -0.2) is 25.7 Å². The number of nitrogens with one attached hydrogen (secondary N) is 2. The van der Waals surface area contributed by atoms with Crippen LogP contribution in [-0.2, 0) is 9.53 Å². The minimum atomic E-state index is -0.317. The lowest BCUT2D eigenvalue weighted by molar-refractivity contribution is -0.114. The van der Waals surface area contributed by atoms with Crippen LogP contribution in [0, 0.1) is 11.7 Å². The Morgan fingerprint density at radius 3 is 3.06 bits per heavy atom. The molecule has 1 aromatic carbocycles. The summed E-state index contributed by atoms with van der Waals surface area (Å²) in [7, 11) is 0. The number of hydrogen-bond donors (Lipinski definition) is 2. The molecule has 0 aliphatic carbocycles. The Morgan fingerprint density at radius 1 is 1.56 bits per heavy atom. The van der Waals surface area contributed by atoms with E-state index in [1.807, 2.05) is 0 Å². The van der Waals surface area contributed by atoms with Gasteiger partial charge in [0.15, 0.2) is 0 Å². The van der Waals surface area contributed by atoms with E-state index in [1.54, 1.807) is 12.1 Å². The second kappa shape index (κ2) is 5.82. The topological polar surface area (TPSA) is 50.4 Å². The van der Waals surface area contributed by atoms with Crippen molar-refractivity contribution in [2.24, 2.45) is 5.92 Å². The third-order valence-corrected chi connectivity index (χ3v) is 2.89. The number of amides is 1. The molecular formula is C13H17FN2O2. The zero-order valence-electron chi connectivity index (χ0n) is 10.3. The SMILES string of the molecule is CC(=O)Nc1ccc(F)c(NCC2CCOC2)c1. The second-order valence-electron chi connectivity index (χ2n) is 4.49. The summed E-state index contributed by atoms with van der Waals surface area (Å²) in [5.74, 6) is -0.0615. The monoisotopic (exact) mass is 252 g/mol. The maximum atomic E-state index is 13.6. The highest BCUT2D eigenvalue weighted by Crippen LogP contribution is 2.21. The van der Waals surface area contributed by atoms with E-state index < -0.39 is 0 Å². The molecule has 0 spiro atoms. The van der Waals surface area contributed by atoms with Gasteiger partial charge in [0, 0.05) is 31.7 Å². The van der Waals surface area contributed by atoms with Gasteiger partial charge in [0.05, 0.1) is 12.3 Å². The van der Waals surface area contributed by atoms with E-state index in [2.05, 4.69) is 10.6 Å². The molecule has 5 heteroatoms. The number of benzene rings is 1. The number of ether oxygens (including phenoxy) is 1. The van der Waals surface area contributed by atoms with Crippen LogP contribution in [0.4, 0.5) is 15.8 Å². The highest BCUT2D eigenvalue weighted by molar-refractivity contribution is 5.89. The van der Waals surface area contributed by atoms with Crippen molar-refractivity contribution in [1.82, 2.24) is 0 Å². The van der Waals surface area contributed by atoms with E-state index in [9.17, 15) is 9.18 Å². The summed E-state index contributed by atoms with van der Waals surface area (Å²) in [6.45, 7) is 3.60. The highest BCUT2D eigenvalue weighted by Gasteiger charge is 2.15. The van der Waals surface area contributed by atoms with Gasteiger partial charge in [-0.25, -0.2) is 4.39 Å². The number of carbonyl (C=O) groups excluding carboxylic acids is 1. The van der Waals surface area contributed by atoms with Gasteiger partial charge in [0.2, 0.25) is 5.91 Å². The molecule has 2 rings (SSSR count). The summed E-state index contributed by atoms with van der Waals surface area (Å²) in [6, 6.07) is 4.49. The van der Waals surface area contributed by atoms with Crippen LogP contribution in [0.25, 0.3) is 0 Å². The average molecular weight is 252 g/mol. The van der Waals surface area contributed by atoms with Crippen LogP contribution in [0.1, 0.15) is 13.3 Å². The molecule has 1 unspecified atom stereocenters.